The molecule has 1 N–H and O–H groups in total. The van der Waals surface area contributed by atoms with E-state index in [1.54, 1.807) is 12.1 Å². The molecular formula is C17H17IN2O4S. The predicted molar refractivity (Wildman–Crippen MR) is 104 cm³/mol. The van der Waals surface area contributed by atoms with Crippen molar-refractivity contribution in [2.24, 2.45) is 0 Å². The number of anilines is 1. The van der Waals surface area contributed by atoms with Crippen molar-refractivity contribution in [3.63, 3.8) is 0 Å². The lowest BCUT2D eigenvalue weighted by atomic mass is 10.2. The molecule has 0 fully saturated rings. The Bertz CT molecular complexity index is 878. The van der Waals surface area contributed by atoms with Crippen LogP contribution in [0.4, 0.5) is 5.69 Å². The number of carbonyl (C=O) groups excluding carboxylic acids is 2. The van der Waals surface area contributed by atoms with E-state index in [1.165, 1.54) is 38.2 Å². The maximum absolute atomic E-state index is 12.5. The molecule has 132 valence electrons. The van der Waals surface area contributed by atoms with Crippen LogP contribution in [0.1, 0.15) is 17.3 Å². The number of carbonyl (C=O) groups is 2. The quantitative estimate of drug-likeness (QED) is 0.518. The SMILES string of the molecule is CC(=O)c1ccc(S(=O)(=O)N(C)CC(=O)Nc2ccc(I)cc2)cc1. The topological polar surface area (TPSA) is 83.6 Å². The first-order chi connectivity index (χ1) is 11.7. The third kappa shape index (κ3) is 5.10. The fraction of sp³-hybridized carbons (Fsp3) is 0.176. The summed E-state index contributed by atoms with van der Waals surface area (Å²) < 4.78 is 27.0. The van der Waals surface area contributed by atoms with Gasteiger partial charge in [0, 0.05) is 21.9 Å². The summed E-state index contributed by atoms with van der Waals surface area (Å²) in [6.45, 7) is 1.09. The van der Waals surface area contributed by atoms with Crippen molar-refractivity contribution < 1.29 is 18.0 Å². The Morgan fingerprint density at radius 1 is 1.04 bits per heavy atom. The molecule has 0 saturated carbocycles. The molecule has 2 rings (SSSR count). The predicted octanol–water partition coefficient (Wildman–Crippen LogP) is 2.75. The van der Waals surface area contributed by atoms with E-state index in [0.717, 1.165) is 7.88 Å². The molecule has 6 nitrogen and oxygen atoms in total. The minimum atomic E-state index is -3.82. The van der Waals surface area contributed by atoms with E-state index in [1.807, 2.05) is 12.1 Å². The molecule has 0 heterocycles. The molecule has 0 aliphatic carbocycles. The first kappa shape index (κ1) is 19.5. The summed E-state index contributed by atoms with van der Waals surface area (Å²) in [6, 6.07) is 12.8. The summed E-state index contributed by atoms with van der Waals surface area (Å²) in [7, 11) is -2.48. The molecule has 0 aliphatic heterocycles. The maximum atomic E-state index is 12.5. The van der Waals surface area contributed by atoms with Crippen LogP contribution in [0.2, 0.25) is 0 Å². The number of nitrogens with zero attached hydrogens (tertiary/aromatic N) is 1. The molecule has 1 amide bonds. The van der Waals surface area contributed by atoms with E-state index in [0.29, 0.717) is 11.3 Å². The van der Waals surface area contributed by atoms with Gasteiger partial charge >= 0.3 is 0 Å². The van der Waals surface area contributed by atoms with Crippen LogP contribution < -0.4 is 5.32 Å². The molecule has 0 bridgehead atoms. The number of Topliss-reactive ketones (excluding diaryl/α,β-unsaturated/α-hetero) is 1. The van der Waals surface area contributed by atoms with Gasteiger partial charge in [0.1, 0.15) is 0 Å². The lowest BCUT2D eigenvalue weighted by molar-refractivity contribution is -0.116. The van der Waals surface area contributed by atoms with Crippen LogP contribution in [0.15, 0.2) is 53.4 Å². The molecule has 0 radical (unpaired) electrons. The molecular weight excluding hydrogens is 455 g/mol. The van der Waals surface area contributed by atoms with Crippen molar-refractivity contribution in [1.29, 1.82) is 0 Å². The first-order valence-electron chi connectivity index (χ1n) is 7.33. The van der Waals surface area contributed by atoms with Gasteiger partial charge in [0.25, 0.3) is 0 Å². The number of hydrogen-bond acceptors (Lipinski definition) is 4. The Morgan fingerprint density at radius 2 is 1.60 bits per heavy atom. The molecule has 25 heavy (non-hydrogen) atoms. The summed E-state index contributed by atoms with van der Waals surface area (Å²) in [5.74, 6) is -0.582. The number of amides is 1. The van der Waals surface area contributed by atoms with Crippen LogP contribution >= 0.6 is 22.6 Å². The highest BCUT2D eigenvalue weighted by Gasteiger charge is 2.23. The molecule has 0 aromatic heterocycles. The second kappa shape index (κ2) is 8.07. The van der Waals surface area contributed by atoms with Gasteiger partial charge in [-0.15, -0.1) is 0 Å². The summed E-state index contributed by atoms with van der Waals surface area (Å²) >= 11 is 2.15. The normalized spacial score (nSPS) is 11.4. The highest BCUT2D eigenvalue weighted by molar-refractivity contribution is 14.1. The van der Waals surface area contributed by atoms with Crippen molar-refractivity contribution in [1.82, 2.24) is 4.31 Å². The lowest BCUT2D eigenvalue weighted by Gasteiger charge is -2.17. The van der Waals surface area contributed by atoms with Crippen molar-refractivity contribution in [3.8, 4) is 0 Å². The van der Waals surface area contributed by atoms with E-state index >= 15 is 0 Å². The van der Waals surface area contributed by atoms with Crippen molar-refractivity contribution in [2.75, 3.05) is 18.9 Å². The fourth-order valence-corrected chi connectivity index (χ4v) is 3.55. The van der Waals surface area contributed by atoms with Gasteiger partial charge in [-0.1, -0.05) is 12.1 Å². The molecule has 0 unspecified atom stereocenters. The van der Waals surface area contributed by atoms with E-state index < -0.39 is 15.9 Å². The van der Waals surface area contributed by atoms with Crippen LogP contribution in [0.25, 0.3) is 0 Å². The third-order valence-electron chi connectivity index (χ3n) is 3.46. The Morgan fingerprint density at radius 3 is 2.12 bits per heavy atom. The van der Waals surface area contributed by atoms with Crippen molar-refractivity contribution in [3.05, 3.63) is 57.7 Å². The zero-order valence-corrected chi connectivity index (χ0v) is 16.7. The third-order valence-corrected chi connectivity index (χ3v) is 6.00. The number of hydrogen-bond donors (Lipinski definition) is 1. The van der Waals surface area contributed by atoms with Crippen LogP contribution in [0.3, 0.4) is 0 Å². The van der Waals surface area contributed by atoms with Gasteiger partial charge in [-0.2, -0.15) is 4.31 Å². The van der Waals surface area contributed by atoms with Gasteiger partial charge in [-0.05, 0) is 65.9 Å². The monoisotopic (exact) mass is 472 g/mol. The van der Waals surface area contributed by atoms with Crippen LogP contribution in [-0.2, 0) is 14.8 Å². The second-order valence-corrected chi connectivity index (χ2v) is 8.69. The summed E-state index contributed by atoms with van der Waals surface area (Å²) in [6.07, 6.45) is 0. The van der Waals surface area contributed by atoms with E-state index in [-0.39, 0.29) is 17.2 Å². The number of halogens is 1. The molecule has 0 atom stereocenters. The van der Waals surface area contributed by atoms with E-state index in [2.05, 4.69) is 27.9 Å². The lowest BCUT2D eigenvalue weighted by Crippen LogP contribution is -2.35. The van der Waals surface area contributed by atoms with E-state index in [9.17, 15) is 18.0 Å². The van der Waals surface area contributed by atoms with Gasteiger partial charge in [0.2, 0.25) is 15.9 Å². The highest BCUT2D eigenvalue weighted by atomic mass is 127. The zero-order chi connectivity index (χ0) is 18.6. The number of sulfonamides is 1. The Kier molecular flexibility index (Phi) is 6.31. The summed E-state index contributed by atoms with van der Waals surface area (Å²) in [5.41, 5.74) is 1.03. The molecule has 8 heteroatoms. The number of benzene rings is 2. The Balaban J connectivity index is 2.07. The van der Waals surface area contributed by atoms with Crippen LogP contribution in [0.5, 0.6) is 0 Å². The van der Waals surface area contributed by atoms with Gasteiger partial charge in [-0.25, -0.2) is 8.42 Å². The number of rotatable bonds is 6. The summed E-state index contributed by atoms with van der Waals surface area (Å²) in [5, 5.41) is 2.65. The Hall–Kier alpha value is -1.78. The summed E-state index contributed by atoms with van der Waals surface area (Å²) in [4.78, 5) is 23.4. The van der Waals surface area contributed by atoms with Crippen molar-refractivity contribution in [2.45, 2.75) is 11.8 Å². The Labute approximate surface area is 160 Å². The van der Waals surface area contributed by atoms with Crippen molar-refractivity contribution >= 4 is 50.0 Å². The average Bonchev–Trinajstić information content (AvgIpc) is 2.57. The number of ketones is 1. The standard InChI is InChI=1S/C17H17IN2O4S/c1-12(21)13-3-9-16(10-4-13)25(23,24)20(2)11-17(22)19-15-7-5-14(18)6-8-15/h3-10H,11H2,1-2H3,(H,19,22). The average molecular weight is 472 g/mol. The molecule has 2 aromatic rings. The van der Waals surface area contributed by atoms with Gasteiger partial charge in [0.15, 0.2) is 5.78 Å². The zero-order valence-electron chi connectivity index (χ0n) is 13.7. The molecule has 0 aliphatic rings. The number of nitrogens with one attached hydrogen (secondary N) is 1. The smallest absolute Gasteiger partial charge is 0.243 e. The second-order valence-electron chi connectivity index (χ2n) is 5.40. The maximum Gasteiger partial charge on any atom is 0.243 e. The molecule has 0 spiro atoms. The first-order valence-corrected chi connectivity index (χ1v) is 9.85. The van der Waals surface area contributed by atoms with Crippen LogP contribution in [0, 0.1) is 3.57 Å². The highest BCUT2D eigenvalue weighted by Crippen LogP contribution is 2.16. The molecule has 2 aromatic carbocycles. The van der Waals surface area contributed by atoms with Gasteiger partial charge in [-0.3, -0.25) is 9.59 Å². The minimum absolute atomic E-state index is 0.0297. The van der Waals surface area contributed by atoms with Gasteiger partial charge in [0.05, 0.1) is 11.4 Å². The number of likely N-dealkylation sites (N-methyl/N-ethyl adjacent to an activating group) is 1. The van der Waals surface area contributed by atoms with Gasteiger partial charge < -0.3 is 5.32 Å². The fourth-order valence-electron chi connectivity index (χ4n) is 2.06. The minimum Gasteiger partial charge on any atom is -0.325 e. The van der Waals surface area contributed by atoms with Crippen LogP contribution in [-0.4, -0.2) is 38.0 Å². The largest absolute Gasteiger partial charge is 0.325 e. The van der Waals surface area contributed by atoms with E-state index in [4.69, 9.17) is 0 Å². The molecule has 0 saturated heterocycles.